The summed E-state index contributed by atoms with van der Waals surface area (Å²) >= 11 is 4.19. The van der Waals surface area contributed by atoms with Crippen molar-refractivity contribution in [3.8, 4) is 5.75 Å². The Morgan fingerprint density at radius 1 is 1.33 bits per heavy atom. The highest BCUT2D eigenvalue weighted by Gasteiger charge is 1.99. The van der Waals surface area contributed by atoms with Gasteiger partial charge in [0.1, 0.15) is 5.75 Å². The maximum atomic E-state index is 5.61. The van der Waals surface area contributed by atoms with Crippen LogP contribution in [0, 0.1) is 0 Å². The summed E-state index contributed by atoms with van der Waals surface area (Å²) in [5.74, 6) is 0.773. The number of rotatable bonds is 2. The van der Waals surface area contributed by atoms with Crippen molar-refractivity contribution in [3.05, 3.63) is 18.2 Å². The first-order chi connectivity index (χ1) is 5.58. The number of nitrogens with two attached hydrogens (primary N) is 1. The summed E-state index contributed by atoms with van der Waals surface area (Å²) in [5, 5.41) is 0. The monoisotopic (exact) mass is 183 g/mol. The molecular formula is C9H13NOS. The molecule has 12 heavy (non-hydrogen) atoms. The SMILES string of the molecule is CC(C)Oc1cc(N)cc(S)c1. The molecule has 1 aromatic rings. The molecule has 0 heterocycles. The van der Waals surface area contributed by atoms with E-state index in [0.717, 1.165) is 10.6 Å². The molecule has 0 unspecified atom stereocenters. The first-order valence-corrected chi connectivity index (χ1v) is 4.29. The highest BCUT2D eigenvalue weighted by Crippen LogP contribution is 2.21. The van der Waals surface area contributed by atoms with Crippen molar-refractivity contribution in [3.63, 3.8) is 0 Å². The zero-order chi connectivity index (χ0) is 9.14. The van der Waals surface area contributed by atoms with Crippen LogP contribution in [0.1, 0.15) is 13.8 Å². The summed E-state index contributed by atoms with van der Waals surface area (Å²) in [6.07, 6.45) is 0.166. The van der Waals surface area contributed by atoms with Crippen molar-refractivity contribution < 1.29 is 4.74 Å². The lowest BCUT2D eigenvalue weighted by Crippen LogP contribution is -2.05. The molecule has 0 atom stereocenters. The van der Waals surface area contributed by atoms with Gasteiger partial charge in [0.05, 0.1) is 6.10 Å². The van der Waals surface area contributed by atoms with Gasteiger partial charge in [-0.25, -0.2) is 0 Å². The Balaban J connectivity index is 2.85. The fourth-order valence-corrected chi connectivity index (χ4v) is 1.22. The number of hydrogen-bond acceptors (Lipinski definition) is 3. The molecule has 0 aliphatic rings. The predicted molar refractivity (Wildman–Crippen MR) is 53.9 cm³/mol. The molecule has 0 amide bonds. The average molecular weight is 183 g/mol. The summed E-state index contributed by atoms with van der Waals surface area (Å²) in [6, 6.07) is 5.43. The van der Waals surface area contributed by atoms with Crippen LogP contribution in [0.25, 0.3) is 0 Å². The lowest BCUT2D eigenvalue weighted by atomic mass is 10.3. The van der Waals surface area contributed by atoms with E-state index in [9.17, 15) is 0 Å². The number of benzene rings is 1. The minimum absolute atomic E-state index is 0.166. The van der Waals surface area contributed by atoms with Gasteiger partial charge in [0.2, 0.25) is 0 Å². The van der Waals surface area contributed by atoms with E-state index in [-0.39, 0.29) is 6.10 Å². The van der Waals surface area contributed by atoms with Gasteiger partial charge < -0.3 is 10.5 Å². The molecule has 0 radical (unpaired) electrons. The van der Waals surface area contributed by atoms with Crippen LogP contribution >= 0.6 is 12.6 Å². The molecule has 0 fully saturated rings. The molecule has 1 aromatic carbocycles. The zero-order valence-corrected chi connectivity index (χ0v) is 8.14. The molecule has 66 valence electrons. The van der Waals surface area contributed by atoms with E-state index >= 15 is 0 Å². The number of hydrogen-bond donors (Lipinski definition) is 2. The van der Waals surface area contributed by atoms with Crippen LogP contribution < -0.4 is 10.5 Å². The molecule has 0 spiro atoms. The van der Waals surface area contributed by atoms with Crippen molar-refractivity contribution in [2.45, 2.75) is 24.8 Å². The van der Waals surface area contributed by atoms with Crippen LogP contribution in [0.15, 0.2) is 23.1 Å². The molecular weight excluding hydrogens is 170 g/mol. The Labute approximate surface area is 78.1 Å². The second-order valence-corrected chi connectivity index (χ2v) is 3.44. The standard InChI is InChI=1S/C9H13NOS/c1-6(2)11-8-3-7(10)4-9(12)5-8/h3-6,12H,10H2,1-2H3. The van der Waals surface area contributed by atoms with Crippen LogP contribution in [0.3, 0.4) is 0 Å². The van der Waals surface area contributed by atoms with Gasteiger partial charge in [-0.05, 0) is 26.0 Å². The minimum atomic E-state index is 0.166. The molecule has 1 rings (SSSR count). The first kappa shape index (κ1) is 9.26. The molecule has 0 saturated heterocycles. The highest BCUT2D eigenvalue weighted by molar-refractivity contribution is 7.80. The predicted octanol–water partition coefficient (Wildman–Crippen LogP) is 2.34. The molecule has 0 saturated carbocycles. The molecule has 0 aliphatic heterocycles. The second kappa shape index (κ2) is 3.72. The van der Waals surface area contributed by atoms with Crippen molar-refractivity contribution >= 4 is 18.3 Å². The average Bonchev–Trinajstić information content (AvgIpc) is 1.81. The van der Waals surface area contributed by atoms with Crippen LogP contribution in [0.5, 0.6) is 5.75 Å². The van der Waals surface area contributed by atoms with Crippen molar-refractivity contribution in [2.24, 2.45) is 0 Å². The van der Waals surface area contributed by atoms with E-state index in [4.69, 9.17) is 10.5 Å². The summed E-state index contributed by atoms with van der Waals surface area (Å²) < 4.78 is 5.45. The van der Waals surface area contributed by atoms with E-state index < -0.39 is 0 Å². The van der Waals surface area contributed by atoms with Gasteiger partial charge >= 0.3 is 0 Å². The maximum Gasteiger partial charge on any atom is 0.122 e. The molecule has 2 N–H and O–H groups in total. The van der Waals surface area contributed by atoms with E-state index in [1.807, 2.05) is 19.9 Å². The van der Waals surface area contributed by atoms with E-state index in [1.165, 1.54) is 0 Å². The normalized spacial score (nSPS) is 10.3. The summed E-state index contributed by atoms with van der Waals surface area (Å²) in [5.41, 5.74) is 6.29. The van der Waals surface area contributed by atoms with Gasteiger partial charge in [0.15, 0.2) is 0 Å². The topological polar surface area (TPSA) is 35.2 Å². The van der Waals surface area contributed by atoms with E-state index in [1.54, 1.807) is 12.1 Å². The van der Waals surface area contributed by atoms with Crippen molar-refractivity contribution in [1.29, 1.82) is 0 Å². The highest BCUT2D eigenvalue weighted by atomic mass is 32.1. The molecule has 2 nitrogen and oxygen atoms in total. The van der Waals surface area contributed by atoms with E-state index in [0.29, 0.717) is 5.69 Å². The van der Waals surface area contributed by atoms with Gasteiger partial charge in [-0.1, -0.05) is 0 Å². The fourth-order valence-electron chi connectivity index (χ4n) is 0.946. The quantitative estimate of drug-likeness (QED) is 0.545. The van der Waals surface area contributed by atoms with Crippen LogP contribution in [-0.2, 0) is 0 Å². The Kier molecular flexibility index (Phi) is 2.87. The van der Waals surface area contributed by atoms with Gasteiger partial charge in [-0.2, -0.15) is 0 Å². The molecule has 3 heteroatoms. The lowest BCUT2D eigenvalue weighted by molar-refractivity contribution is 0.242. The molecule has 0 aromatic heterocycles. The van der Waals surface area contributed by atoms with Gasteiger partial charge in [0, 0.05) is 16.6 Å². The van der Waals surface area contributed by atoms with Crippen molar-refractivity contribution in [1.82, 2.24) is 0 Å². The summed E-state index contributed by atoms with van der Waals surface area (Å²) in [4.78, 5) is 0.825. The van der Waals surface area contributed by atoms with Crippen molar-refractivity contribution in [2.75, 3.05) is 5.73 Å². The van der Waals surface area contributed by atoms with Crippen LogP contribution in [0.4, 0.5) is 5.69 Å². The molecule has 0 aliphatic carbocycles. The maximum absolute atomic E-state index is 5.61. The van der Waals surface area contributed by atoms with Gasteiger partial charge in [-0.15, -0.1) is 12.6 Å². The third-order valence-electron chi connectivity index (χ3n) is 1.29. The van der Waals surface area contributed by atoms with E-state index in [2.05, 4.69) is 12.6 Å². The number of anilines is 1. The Bertz CT molecular complexity index is 253. The third-order valence-corrected chi connectivity index (χ3v) is 1.54. The summed E-state index contributed by atoms with van der Waals surface area (Å²) in [6.45, 7) is 3.95. The second-order valence-electron chi connectivity index (χ2n) is 2.93. The van der Waals surface area contributed by atoms with Crippen LogP contribution in [0.2, 0.25) is 0 Å². The fraction of sp³-hybridized carbons (Fsp3) is 0.333. The third kappa shape index (κ3) is 2.66. The number of nitrogen functional groups attached to an aromatic ring is 1. The Hall–Kier alpha value is -0.830. The minimum Gasteiger partial charge on any atom is -0.491 e. The van der Waals surface area contributed by atoms with Gasteiger partial charge in [-0.3, -0.25) is 0 Å². The zero-order valence-electron chi connectivity index (χ0n) is 7.24. The van der Waals surface area contributed by atoms with Gasteiger partial charge in [0.25, 0.3) is 0 Å². The molecule has 0 bridgehead atoms. The smallest absolute Gasteiger partial charge is 0.122 e. The first-order valence-electron chi connectivity index (χ1n) is 3.84. The van der Waals surface area contributed by atoms with Crippen LogP contribution in [-0.4, -0.2) is 6.10 Å². The number of ether oxygens (including phenoxy) is 1. The largest absolute Gasteiger partial charge is 0.491 e. The number of thiol groups is 1. The Morgan fingerprint density at radius 2 is 2.00 bits per heavy atom. The lowest BCUT2D eigenvalue weighted by Gasteiger charge is -2.10. The Morgan fingerprint density at radius 3 is 2.50 bits per heavy atom. The summed E-state index contributed by atoms with van der Waals surface area (Å²) in [7, 11) is 0.